The lowest BCUT2D eigenvalue weighted by Gasteiger charge is -2.00. The van der Waals surface area contributed by atoms with Crippen molar-refractivity contribution in [2.24, 2.45) is 0 Å². The summed E-state index contributed by atoms with van der Waals surface area (Å²) in [7, 11) is 0. The second-order valence-corrected chi connectivity index (χ2v) is 3.73. The molecule has 0 atom stereocenters. The number of nitrogens with zero attached hydrogens (tertiary/aromatic N) is 1. The molecule has 0 aliphatic rings. The van der Waals surface area contributed by atoms with Crippen LogP contribution in [-0.4, -0.2) is 15.8 Å². The van der Waals surface area contributed by atoms with E-state index in [9.17, 15) is 9.59 Å². The van der Waals surface area contributed by atoms with Gasteiger partial charge in [-0.3, -0.25) is 4.79 Å². The molecule has 0 saturated carbocycles. The van der Waals surface area contributed by atoms with E-state index < -0.39 is 0 Å². The summed E-state index contributed by atoms with van der Waals surface area (Å²) < 4.78 is 0. The predicted molar refractivity (Wildman–Crippen MR) is 61.4 cm³/mol. The second kappa shape index (κ2) is 4.26. The van der Waals surface area contributed by atoms with Crippen molar-refractivity contribution >= 4 is 16.8 Å². The molecule has 0 unspecified atom stereocenters. The van der Waals surface area contributed by atoms with Crippen LogP contribution in [0, 0.1) is 0 Å². The molecule has 2 rings (SSSR count). The maximum Gasteiger partial charge on any atom is 0.270 e. The van der Waals surface area contributed by atoms with Gasteiger partial charge in [-0.25, -0.2) is 4.98 Å². The van der Waals surface area contributed by atoms with Crippen LogP contribution in [0.2, 0.25) is 0 Å². The highest BCUT2D eigenvalue weighted by molar-refractivity contribution is 5.76. The van der Waals surface area contributed by atoms with Gasteiger partial charge in [0.15, 0.2) is 0 Å². The highest BCUT2D eigenvalue weighted by atomic mass is 16.1. The Labute approximate surface area is 92.3 Å². The zero-order valence-corrected chi connectivity index (χ0v) is 8.99. The lowest BCUT2D eigenvalue weighted by atomic mass is 10.2. The maximum atomic E-state index is 11.6. The number of aryl methyl sites for hydroxylation is 1. The minimum absolute atomic E-state index is 0.0642. The molecule has 0 bridgehead atoms. The number of aromatic amines is 1. The first kappa shape index (κ1) is 10.5. The molecule has 16 heavy (non-hydrogen) atoms. The molecule has 4 nitrogen and oxygen atoms in total. The Morgan fingerprint density at radius 1 is 1.38 bits per heavy atom. The van der Waals surface area contributed by atoms with Crippen molar-refractivity contribution in [3.05, 3.63) is 40.3 Å². The van der Waals surface area contributed by atoms with Crippen LogP contribution in [0.25, 0.3) is 11.0 Å². The minimum Gasteiger partial charge on any atom is -0.319 e. The van der Waals surface area contributed by atoms with Crippen LogP contribution in [0.15, 0.2) is 29.1 Å². The summed E-state index contributed by atoms with van der Waals surface area (Å²) in [6, 6.07) is 7.35. The normalized spacial score (nSPS) is 10.6. The van der Waals surface area contributed by atoms with Crippen molar-refractivity contribution in [2.75, 3.05) is 0 Å². The van der Waals surface area contributed by atoms with Gasteiger partial charge in [0.1, 0.15) is 11.5 Å². The molecule has 1 aromatic heterocycles. The third-order valence-corrected chi connectivity index (χ3v) is 2.38. The van der Waals surface area contributed by atoms with Crippen molar-refractivity contribution in [3.8, 4) is 0 Å². The van der Waals surface area contributed by atoms with Gasteiger partial charge in [-0.15, -0.1) is 0 Å². The molecular weight excluding hydrogens is 204 g/mol. The highest BCUT2D eigenvalue weighted by Crippen LogP contribution is 2.06. The van der Waals surface area contributed by atoms with Crippen molar-refractivity contribution in [2.45, 2.75) is 19.8 Å². The number of carbonyl (C=O) groups is 1. The number of Topliss-reactive ketones (excluding diaryl/α,β-unsaturated/α-hetero) is 1. The predicted octanol–water partition coefficient (Wildman–Crippen LogP) is 1.44. The Hall–Kier alpha value is -1.97. The van der Waals surface area contributed by atoms with E-state index in [-0.39, 0.29) is 11.3 Å². The summed E-state index contributed by atoms with van der Waals surface area (Å²) in [6.07, 6.45) is 0.754. The lowest BCUT2D eigenvalue weighted by Crippen LogP contribution is -2.15. The molecule has 0 aliphatic carbocycles. The van der Waals surface area contributed by atoms with Crippen LogP contribution in [0.4, 0.5) is 0 Å². The number of para-hydroxylation sites is 2. The van der Waals surface area contributed by atoms with Crippen LogP contribution in [0.5, 0.6) is 0 Å². The number of hydrogen-bond acceptors (Lipinski definition) is 3. The molecule has 1 N–H and O–H groups in total. The van der Waals surface area contributed by atoms with E-state index in [0.29, 0.717) is 18.5 Å². The SMILES string of the molecule is CC(=O)CCc1nc2ccccc2[nH]c1=O. The Morgan fingerprint density at radius 3 is 2.88 bits per heavy atom. The van der Waals surface area contributed by atoms with E-state index in [1.807, 2.05) is 18.2 Å². The Balaban J connectivity index is 2.42. The highest BCUT2D eigenvalue weighted by Gasteiger charge is 2.05. The zero-order valence-electron chi connectivity index (χ0n) is 8.99. The smallest absolute Gasteiger partial charge is 0.270 e. The lowest BCUT2D eigenvalue weighted by molar-refractivity contribution is -0.116. The minimum atomic E-state index is -0.208. The van der Waals surface area contributed by atoms with Crippen LogP contribution in [-0.2, 0) is 11.2 Å². The summed E-state index contributed by atoms with van der Waals surface area (Å²) in [4.78, 5) is 29.5. The number of H-pyrrole nitrogens is 1. The van der Waals surface area contributed by atoms with Crippen molar-refractivity contribution in [3.63, 3.8) is 0 Å². The standard InChI is InChI=1S/C12H12N2O2/c1-8(15)6-7-11-12(16)14-10-5-3-2-4-9(10)13-11/h2-5H,6-7H2,1H3,(H,14,16). The molecule has 1 heterocycles. The molecule has 0 amide bonds. The molecule has 4 heteroatoms. The first-order chi connectivity index (χ1) is 7.66. The largest absolute Gasteiger partial charge is 0.319 e. The Morgan fingerprint density at radius 2 is 2.12 bits per heavy atom. The number of aromatic nitrogens is 2. The van der Waals surface area contributed by atoms with E-state index in [1.165, 1.54) is 6.92 Å². The third kappa shape index (κ3) is 2.16. The molecule has 82 valence electrons. The average Bonchev–Trinajstić information content (AvgIpc) is 2.26. The number of carbonyl (C=O) groups excluding carboxylic acids is 1. The van der Waals surface area contributed by atoms with Gasteiger partial charge < -0.3 is 9.78 Å². The fourth-order valence-electron chi connectivity index (χ4n) is 1.53. The first-order valence-electron chi connectivity index (χ1n) is 5.14. The number of rotatable bonds is 3. The first-order valence-corrected chi connectivity index (χ1v) is 5.14. The van der Waals surface area contributed by atoms with Gasteiger partial charge >= 0.3 is 0 Å². The van der Waals surface area contributed by atoms with Crippen LogP contribution in [0.1, 0.15) is 19.0 Å². The summed E-state index contributed by atoms with van der Waals surface area (Å²) in [5.74, 6) is 0.0642. The summed E-state index contributed by atoms with van der Waals surface area (Å²) in [6.45, 7) is 1.51. The van der Waals surface area contributed by atoms with Gasteiger partial charge in [-0.05, 0) is 19.1 Å². The van der Waals surface area contributed by atoms with E-state index >= 15 is 0 Å². The molecule has 0 fully saturated rings. The molecular formula is C12H12N2O2. The van der Waals surface area contributed by atoms with Crippen molar-refractivity contribution in [1.29, 1.82) is 0 Å². The Kier molecular flexibility index (Phi) is 2.81. The van der Waals surface area contributed by atoms with E-state index in [0.717, 1.165) is 11.0 Å². The number of nitrogens with one attached hydrogen (secondary N) is 1. The number of fused-ring (bicyclic) bond motifs is 1. The third-order valence-electron chi connectivity index (χ3n) is 2.38. The maximum absolute atomic E-state index is 11.6. The number of benzene rings is 1. The second-order valence-electron chi connectivity index (χ2n) is 3.73. The van der Waals surface area contributed by atoms with Crippen LogP contribution in [0.3, 0.4) is 0 Å². The van der Waals surface area contributed by atoms with Gasteiger partial charge in [0.2, 0.25) is 0 Å². The molecule has 0 saturated heterocycles. The van der Waals surface area contributed by atoms with Crippen molar-refractivity contribution < 1.29 is 4.79 Å². The number of hydrogen-bond donors (Lipinski definition) is 1. The fraction of sp³-hybridized carbons (Fsp3) is 0.250. The molecule has 1 aromatic carbocycles. The zero-order chi connectivity index (χ0) is 11.5. The van der Waals surface area contributed by atoms with E-state index in [4.69, 9.17) is 0 Å². The average molecular weight is 216 g/mol. The molecule has 0 spiro atoms. The van der Waals surface area contributed by atoms with Crippen molar-refractivity contribution in [1.82, 2.24) is 9.97 Å². The van der Waals surface area contributed by atoms with E-state index in [2.05, 4.69) is 9.97 Å². The fourth-order valence-corrected chi connectivity index (χ4v) is 1.53. The van der Waals surface area contributed by atoms with Gasteiger partial charge in [0, 0.05) is 12.8 Å². The quantitative estimate of drug-likeness (QED) is 0.844. The topological polar surface area (TPSA) is 62.8 Å². The Bertz CT molecular complexity index is 587. The van der Waals surface area contributed by atoms with Gasteiger partial charge in [-0.1, -0.05) is 12.1 Å². The molecule has 0 radical (unpaired) electrons. The molecule has 0 aliphatic heterocycles. The van der Waals surface area contributed by atoms with Crippen LogP contribution < -0.4 is 5.56 Å². The summed E-state index contributed by atoms with van der Waals surface area (Å²) >= 11 is 0. The summed E-state index contributed by atoms with van der Waals surface area (Å²) in [5, 5.41) is 0. The van der Waals surface area contributed by atoms with Gasteiger partial charge in [0.25, 0.3) is 5.56 Å². The van der Waals surface area contributed by atoms with Crippen LogP contribution >= 0.6 is 0 Å². The van der Waals surface area contributed by atoms with Gasteiger partial charge in [-0.2, -0.15) is 0 Å². The van der Waals surface area contributed by atoms with Gasteiger partial charge in [0.05, 0.1) is 11.0 Å². The van der Waals surface area contributed by atoms with E-state index in [1.54, 1.807) is 6.07 Å². The molecule has 2 aromatic rings. The summed E-state index contributed by atoms with van der Waals surface area (Å²) in [5.41, 5.74) is 1.69. The monoisotopic (exact) mass is 216 g/mol. The number of ketones is 1.